The Bertz CT molecular complexity index is 772. The summed E-state index contributed by atoms with van der Waals surface area (Å²) in [5.74, 6) is -2.25. The van der Waals surface area contributed by atoms with Crippen LogP contribution in [-0.2, 0) is 28.6 Å². The molecule has 2 rings (SSSR count). The SMILES string of the molecule is C=C1C(=O)O[C@@H]2/C=C(\C)CCC=C(C)C[C@@H](OC(=O)C(=CCOC(C)=O)CO)[C@@H]12. The van der Waals surface area contributed by atoms with Crippen molar-refractivity contribution in [3.63, 3.8) is 0 Å². The smallest absolute Gasteiger partial charge is 0.336 e. The van der Waals surface area contributed by atoms with Gasteiger partial charge in [-0.2, -0.15) is 0 Å². The van der Waals surface area contributed by atoms with Crippen molar-refractivity contribution in [3.8, 4) is 0 Å². The summed E-state index contributed by atoms with van der Waals surface area (Å²) in [6.45, 7) is 8.31. The average Bonchev–Trinajstić information content (AvgIpc) is 2.91. The Morgan fingerprint density at radius 3 is 2.72 bits per heavy atom. The van der Waals surface area contributed by atoms with E-state index in [1.165, 1.54) is 13.0 Å². The zero-order chi connectivity index (χ0) is 21.6. The topological polar surface area (TPSA) is 99.1 Å². The van der Waals surface area contributed by atoms with E-state index in [-0.39, 0.29) is 17.8 Å². The van der Waals surface area contributed by atoms with Crippen LogP contribution in [0.15, 0.2) is 47.1 Å². The van der Waals surface area contributed by atoms with E-state index in [0.29, 0.717) is 6.42 Å². The molecule has 0 unspecified atom stereocenters. The molecule has 29 heavy (non-hydrogen) atoms. The molecule has 3 atom stereocenters. The van der Waals surface area contributed by atoms with Gasteiger partial charge in [0.2, 0.25) is 0 Å². The lowest BCUT2D eigenvalue weighted by molar-refractivity contribution is -0.148. The van der Waals surface area contributed by atoms with Crippen LogP contribution in [-0.4, -0.2) is 48.4 Å². The molecule has 0 spiro atoms. The molecule has 7 heteroatoms. The van der Waals surface area contributed by atoms with Gasteiger partial charge < -0.3 is 19.3 Å². The van der Waals surface area contributed by atoms with E-state index < -0.39 is 42.6 Å². The number of esters is 3. The van der Waals surface area contributed by atoms with Crippen LogP contribution in [0.1, 0.15) is 40.0 Å². The summed E-state index contributed by atoms with van der Waals surface area (Å²) >= 11 is 0. The van der Waals surface area contributed by atoms with E-state index in [2.05, 4.69) is 12.7 Å². The maximum absolute atomic E-state index is 12.6. The van der Waals surface area contributed by atoms with Crippen molar-refractivity contribution in [3.05, 3.63) is 47.1 Å². The molecule has 7 nitrogen and oxygen atoms in total. The first-order valence-corrected chi connectivity index (χ1v) is 9.59. The second-order valence-electron chi connectivity index (χ2n) is 7.36. The molecule has 1 heterocycles. The fourth-order valence-corrected chi connectivity index (χ4v) is 3.42. The normalized spacial score (nSPS) is 27.2. The van der Waals surface area contributed by atoms with Gasteiger partial charge in [0.25, 0.3) is 0 Å². The van der Waals surface area contributed by atoms with Gasteiger partial charge >= 0.3 is 17.9 Å². The Morgan fingerprint density at radius 1 is 1.34 bits per heavy atom. The molecule has 1 fully saturated rings. The Labute approximate surface area is 170 Å². The second kappa shape index (κ2) is 10.2. The van der Waals surface area contributed by atoms with Crippen molar-refractivity contribution in [2.24, 2.45) is 5.92 Å². The highest BCUT2D eigenvalue weighted by atomic mass is 16.6. The molecule has 2 aliphatic rings. The van der Waals surface area contributed by atoms with Crippen LogP contribution in [0.3, 0.4) is 0 Å². The van der Waals surface area contributed by atoms with Crippen molar-refractivity contribution in [1.29, 1.82) is 0 Å². The van der Waals surface area contributed by atoms with Gasteiger partial charge in [-0.25, -0.2) is 9.59 Å². The van der Waals surface area contributed by atoms with Gasteiger partial charge in [-0.3, -0.25) is 4.79 Å². The van der Waals surface area contributed by atoms with E-state index in [9.17, 15) is 19.5 Å². The Balaban J connectivity index is 2.29. The standard InChI is InChI=1S/C22H28O7/c1-13-6-5-7-14(2)11-19(20-15(3)21(25)28-18(20)10-13)29-22(26)17(12-23)8-9-27-16(4)24/h7-8,10,18-20,23H,3,5-6,9,11-12H2,1-2,4H3/b13-10+,14-7?,17-8?/t18-,19-,20+/m1/s1. The number of carbonyl (C=O) groups is 3. The molecule has 0 radical (unpaired) electrons. The zero-order valence-electron chi connectivity index (χ0n) is 17.1. The van der Waals surface area contributed by atoms with Gasteiger partial charge in [0.15, 0.2) is 0 Å². The predicted molar refractivity (Wildman–Crippen MR) is 106 cm³/mol. The van der Waals surface area contributed by atoms with Crippen LogP contribution >= 0.6 is 0 Å². The first kappa shape index (κ1) is 22.6. The van der Waals surface area contributed by atoms with Crippen LogP contribution < -0.4 is 0 Å². The van der Waals surface area contributed by atoms with Gasteiger partial charge in [-0.05, 0) is 38.8 Å². The van der Waals surface area contributed by atoms with Crippen LogP contribution in [0, 0.1) is 5.92 Å². The summed E-state index contributed by atoms with van der Waals surface area (Å²) in [6, 6.07) is 0. The first-order chi connectivity index (χ1) is 13.7. The quantitative estimate of drug-likeness (QED) is 0.325. The molecule has 1 saturated heterocycles. The van der Waals surface area contributed by atoms with Crippen molar-refractivity contribution in [1.82, 2.24) is 0 Å². The van der Waals surface area contributed by atoms with E-state index in [0.717, 1.165) is 24.0 Å². The number of allylic oxidation sites excluding steroid dienone is 2. The molecule has 0 aromatic heterocycles. The highest BCUT2D eigenvalue weighted by Gasteiger charge is 2.44. The lowest BCUT2D eigenvalue weighted by atomic mass is 9.85. The lowest BCUT2D eigenvalue weighted by Gasteiger charge is -2.27. The second-order valence-corrected chi connectivity index (χ2v) is 7.36. The molecular weight excluding hydrogens is 376 g/mol. The minimum absolute atomic E-state index is 0.0240. The number of aliphatic hydroxyl groups excluding tert-OH is 1. The fraction of sp³-hybridized carbons (Fsp3) is 0.500. The highest BCUT2D eigenvalue weighted by molar-refractivity contribution is 5.92. The molecule has 0 aromatic carbocycles. The Kier molecular flexibility index (Phi) is 7.96. The maximum atomic E-state index is 12.6. The Hall–Kier alpha value is -2.67. The molecule has 158 valence electrons. The molecule has 0 bridgehead atoms. The summed E-state index contributed by atoms with van der Waals surface area (Å²) < 4.78 is 15.9. The average molecular weight is 404 g/mol. The third-order valence-electron chi connectivity index (χ3n) is 4.97. The summed E-state index contributed by atoms with van der Waals surface area (Å²) in [4.78, 5) is 35.7. The number of fused-ring (bicyclic) bond motifs is 1. The van der Waals surface area contributed by atoms with Crippen molar-refractivity contribution in [2.45, 2.75) is 52.2 Å². The summed E-state index contributed by atoms with van der Waals surface area (Å²) in [5, 5.41) is 9.52. The minimum Gasteiger partial charge on any atom is -0.462 e. The van der Waals surface area contributed by atoms with Crippen molar-refractivity contribution >= 4 is 17.9 Å². The maximum Gasteiger partial charge on any atom is 0.336 e. The highest BCUT2D eigenvalue weighted by Crippen LogP contribution is 2.36. The number of carbonyl (C=O) groups excluding carboxylic acids is 3. The number of rotatable bonds is 5. The van der Waals surface area contributed by atoms with Gasteiger partial charge in [-0.1, -0.05) is 23.8 Å². The third-order valence-corrected chi connectivity index (χ3v) is 4.97. The molecule has 1 aliphatic carbocycles. The van der Waals surface area contributed by atoms with Gasteiger partial charge in [0.05, 0.1) is 18.1 Å². The number of hydrogen-bond acceptors (Lipinski definition) is 7. The summed E-state index contributed by atoms with van der Waals surface area (Å²) in [5.41, 5.74) is 2.34. The van der Waals surface area contributed by atoms with E-state index in [4.69, 9.17) is 14.2 Å². The molecule has 0 aromatic rings. The van der Waals surface area contributed by atoms with E-state index >= 15 is 0 Å². The molecule has 1 N–H and O–H groups in total. The molecule has 0 amide bonds. The zero-order valence-corrected chi connectivity index (χ0v) is 17.1. The van der Waals surface area contributed by atoms with Crippen molar-refractivity contribution < 1.29 is 33.7 Å². The van der Waals surface area contributed by atoms with Crippen molar-refractivity contribution in [2.75, 3.05) is 13.2 Å². The molecular formula is C22H28O7. The van der Waals surface area contributed by atoms with Crippen LogP contribution in [0.5, 0.6) is 0 Å². The fourth-order valence-electron chi connectivity index (χ4n) is 3.42. The van der Waals surface area contributed by atoms with Crippen LogP contribution in [0.4, 0.5) is 0 Å². The first-order valence-electron chi connectivity index (χ1n) is 9.59. The van der Waals surface area contributed by atoms with E-state index in [1.807, 2.05) is 19.9 Å². The number of aliphatic hydroxyl groups is 1. The van der Waals surface area contributed by atoms with Gasteiger partial charge in [-0.15, -0.1) is 0 Å². The van der Waals surface area contributed by atoms with Crippen LogP contribution in [0.25, 0.3) is 0 Å². The van der Waals surface area contributed by atoms with E-state index in [1.54, 1.807) is 0 Å². The monoisotopic (exact) mass is 404 g/mol. The number of ether oxygens (including phenoxy) is 3. The Morgan fingerprint density at radius 2 is 2.07 bits per heavy atom. The summed E-state index contributed by atoms with van der Waals surface area (Å²) in [7, 11) is 0. The number of hydrogen-bond donors (Lipinski definition) is 1. The molecule has 1 aliphatic heterocycles. The largest absolute Gasteiger partial charge is 0.462 e. The molecule has 0 saturated carbocycles. The third kappa shape index (κ3) is 6.15. The lowest BCUT2D eigenvalue weighted by Crippen LogP contribution is -2.34. The minimum atomic E-state index is -0.735. The van der Waals surface area contributed by atoms with Crippen LogP contribution in [0.2, 0.25) is 0 Å². The van der Waals surface area contributed by atoms with Gasteiger partial charge in [0, 0.05) is 18.9 Å². The summed E-state index contributed by atoms with van der Waals surface area (Å²) in [6.07, 6.45) is 6.14. The van der Waals surface area contributed by atoms with Gasteiger partial charge in [0.1, 0.15) is 18.8 Å². The predicted octanol–water partition coefficient (Wildman–Crippen LogP) is 2.55.